The first-order valence-corrected chi connectivity index (χ1v) is 7.39. The quantitative estimate of drug-likeness (QED) is 0.832. The van der Waals surface area contributed by atoms with Crippen molar-refractivity contribution in [1.29, 1.82) is 5.26 Å². The van der Waals surface area contributed by atoms with Gasteiger partial charge in [-0.25, -0.2) is 0 Å². The van der Waals surface area contributed by atoms with Crippen LogP contribution in [0, 0.1) is 11.3 Å². The Morgan fingerprint density at radius 1 is 1.42 bits per heavy atom. The predicted molar refractivity (Wildman–Crippen MR) is 77.9 cm³/mol. The van der Waals surface area contributed by atoms with Crippen molar-refractivity contribution in [2.24, 2.45) is 0 Å². The van der Waals surface area contributed by atoms with E-state index in [1.54, 1.807) is 0 Å². The summed E-state index contributed by atoms with van der Waals surface area (Å²) < 4.78 is 0.0740. The first-order chi connectivity index (χ1) is 9.03. The molecular weight excluding hydrogens is 256 g/mol. The van der Waals surface area contributed by atoms with E-state index in [0.29, 0.717) is 6.54 Å². The molecule has 0 bridgehead atoms. The molecule has 1 atom stereocenters. The van der Waals surface area contributed by atoms with Gasteiger partial charge in [-0.15, -0.1) is 0 Å². The average Bonchev–Trinajstić information content (AvgIpc) is 2.39. The molecule has 0 spiro atoms. The van der Waals surface area contributed by atoms with E-state index in [2.05, 4.69) is 19.9 Å². The number of rotatable bonds is 2. The van der Waals surface area contributed by atoms with E-state index >= 15 is 0 Å². The summed E-state index contributed by atoms with van der Waals surface area (Å²) in [6, 6.07) is 11.5. The molecule has 3 nitrogen and oxygen atoms in total. The molecule has 0 aromatic heterocycles. The van der Waals surface area contributed by atoms with Crippen LogP contribution in [0.5, 0.6) is 0 Å². The highest BCUT2D eigenvalue weighted by Crippen LogP contribution is 2.31. The zero-order valence-corrected chi connectivity index (χ0v) is 12.1. The first kappa shape index (κ1) is 14.0. The highest BCUT2D eigenvalue weighted by Gasteiger charge is 2.33. The summed E-state index contributed by atoms with van der Waals surface area (Å²) in [5, 5.41) is 9.31. The second kappa shape index (κ2) is 5.66. The maximum absolute atomic E-state index is 12.5. The molecule has 1 aromatic carbocycles. The van der Waals surface area contributed by atoms with Crippen LogP contribution >= 0.6 is 11.8 Å². The highest BCUT2D eigenvalue weighted by molar-refractivity contribution is 8.00. The average molecular weight is 274 g/mol. The van der Waals surface area contributed by atoms with Crippen LogP contribution in [0.1, 0.15) is 25.3 Å². The zero-order chi connectivity index (χ0) is 13.9. The minimum absolute atomic E-state index is 0.0675. The van der Waals surface area contributed by atoms with Crippen LogP contribution in [-0.4, -0.2) is 34.4 Å². The summed E-state index contributed by atoms with van der Waals surface area (Å²) in [4.78, 5) is 14.3. The van der Waals surface area contributed by atoms with Crippen LogP contribution in [0.25, 0.3) is 0 Å². The molecule has 1 aliphatic heterocycles. The van der Waals surface area contributed by atoms with Crippen molar-refractivity contribution in [3.8, 4) is 6.07 Å². The molecule has 1 amide bonds. The Balaban J connectivity index is 2.16. The lowest BCUT2D eigenvalue weighted by atomic mass is 9.98. The van der Waals surface area contributed by atoms with Gasteiger partial charge >= 0.3 is 0 Å². The van der Waals surface area contributed by atoms with Gasteiger partial charge < -0.3 is 4.90 Å². The number of hydrogen-bond acceptors (Lipinski definition) is 3. The van der Waals surface area contributed by atoms with Gasteiger partial charge in [0, 0.05) is 23.6 Å². The molecule has 0 aliphatic carbocycles. The Labute approximate surface area is 118 Å². The standard InChI is InChI=1S/C15H18N2OS/c1-15(2)11-17(8-9-19-15)14(18)13(10-16)12-6-4-3-5-7-12/h3-7,13H,8-9,11H2,1-2H3. The molecule has 0 saturated carbocycles. The van der Waals surface area contributed by atoms with E-state index in [-0.39, 0.29) is 10.7 Å². The van der Waals surface area contributed by atoms with Crippen LogP contribution in [0.3, 0.4) is 0 Å². The fourth-order valence-corrected chi connectivity index (χ4v) is 3.42. The highest BCUT2D eigenvalue weighted by atomic mass is 32.2. The van der Waals surface area contributed by atoms with Crippen molar-refractivity contribution in [2.75, 3.05) is 18.8 Å². The number of benzene rings is 1. The third-order valence-corrected chi connectivity index (χ3v) is 4.54. The second-order valence-corrected chi connectivity index (χ2v) is 7.14. The third kappa shape index (κ3) is 3.30. The molecule has 19 heavy (non-hydrogen) atoms. The minimum Gasteiger partial charge on any atom is -0.339 e. The number of nitriles is 1. The Morgan fingerprint density at radius 2 is 2.11 bits per heavy atom. The van der Waals surface area contributed by atoms with Crippen LogP contribution in [0.2, 0.25) is 0 Å². The maximum atomic E-state index is 12.5. The van der Waals surface area contributed by atoms with Crippen molar-refractivity contribution in [1.82, 2.24) is 4.90 Å². The molecule has 1 fully saturated rings. The Bertz CT molecular complexity index is 493. The van der Waals surface area contributed by atoms with Gasteiger partial charge in [0.2, 0.25) is 5.91 Å². The van der Waals surface area contributed by atoms with Gasteiger partial charge in [0.25, 0.3) is 0 Å². The van der Waals surface area contributed by atoms with Gasteiger partial charge in [-0.2, -0.15) is 17.0 Å². The number of thioether (sulfide) groups is 1. The molecule has 1 aromatic rings. The normalized spacial score (nSPS) is 19.5. The third-order valence-electron chi connectivity index (χ3n) is 3.25. The zero-order valence-electron chi connectivity index (χ0n) is 11.3. The summed E-state index contributed by atoms with van der Waals surface area (Å²) in [5.74, 6) is 0.188. The fourth-order valence-electron chi connectivity index (χ4n) is 2.30. The van der Waals surface area contributed by atoms with E-state index < -0.39 is 5.92 Å². The van der Waals surface area contributed by atoms with Gasteiger partial charge in [-0.05, 0) is 19.4 Å². The number of carbonyl (C=O) groups excluding carboxylic acids is 1. The van der Waals surface area contributed by atoms with Crippen molar-refractivity contribution >= 4 is 17.7 Å². The molecule has 1 unspecified atom stereocenters. The monoisotopic (exact) mass is 274 g/mol. The molecule has 100 valence electrons. The molecular formula is C15H18N2OS. The number of hydrogen-bond donors (Lipinski definition) is 0. The fraction of sp³-hybridized carbons (Fsp3) is 0.467. The number of amides is 1. The first-order valence-electron chi connectivity index (χ1n) is 6.41. The lowest BCUT2D eigenvalue weighted by molar-refractivity contribution is -0.131. The van der Waals surface area contributed by atoms with Crippen molar-refractivity contribution in [2.45, 2.75) is 24.5 Å². The lowest BCUT2D eigenvalue weighted by Gasteiger charge is -2.38. The summed E-state index contributed by atoms with van der Waals surface area (Å²) in [6.07, 6.45) is 0. The van der Waals surface area contributed by atoms with Gasteiger partial charge in [0.05, 0.1) is 6.07 Å². The van der Waals surface area contributed by atoms with E-state index in [4.69, 9.17) is 0 Å². The number of carbonyl (C=O) groups is 1. The largest absolute Gasteiger partial charge is 0.339 e. The van der Waals surface area contributed by atoms with Crippen molar-refractivity contribution < 1.29 is 4.79 Å². The van der Waals surface area contributed by atoms with Gasteiger partial charge in [0.15, 0.2) is 0 Å². The summed E-state index contributed by atoms with van der Waals surface area (Å²) in [7, 11) is 0. The van der Waals surface area contributed by atoms with Gasteiger partial charge in [-0.3, -0.25) is 4.79 Å². The minimum atomic E-state index is -0.680. The predicted octanol–water partition coefficient (Wildman–Crippen LogP) is 2.65. The summed E-state index contributed by atoms with van der Waals surface area (Å²) in [5.41, 5.74) is 0.783. The van der Waals surface area contributed by atoms with E-state index in [1.807, 2.05) is 47.0 Å². The Hall–Kier alpha value is -1.47. The SMILES string of the molecule is CC1(C)CN(C(=O)C(C#N)c2ccccc2)CCS1. The smallest absolute Gasteiger partial charge is 0.244 e. The molecule has 1 heterocycles. The summed E-state index contributed by atoms with van der Waals surface area (Å²) >= 11 is 1.88. The van der Waals surface area contributed by atoms with Crippen LogP contribution in [-0.2, 0) is 4.79 Å². The number of nitrogens with zero attached hydrogens (tertiary/aromatic N) is 2. The van der Waals surface area contributed by atoms with E-state index in [9.17, 15) is 10.1 Å². The van der Waals surface area contributed by atoms with E-state index in [1.165, 1.54) is 0 Å². The lowest BCUT2D eigenvalue weighted by Crippen LogP contribution is -2.47. The van der Waals surface area contributed by atoms with Gasteiger partial charge in [0.1, 0.15) is 5.92 Å². The van der Waals surface area contributed by atoms with Crippen molar-refractivity contribution in [3.63, 3.8) is 0 Å². The molecule has 2 rings (SSSR count). The van der Waals surface area contributed by atoms with Gasteiger partial charge in [-0.1, -0.05) is 30.3 Å². The van der Waals surface area contributed by atoms with Crippen LogP contribution in [0.15, 0.2) is 30.3 Å². The summed E-state index contributed by atoms with van der Waals surface area (Å²) in [6.45, 7) is 5.72. The van der Waals surface area contributed by atoms with E-state index in [0.717, 1.165) is 17.9 Å². The maximum Gasteiger partial charge on any atom is 0.244 e. The van der Waals surface area contributed by atoms with Crippen LogP contribution < -0.4 is 0 Å². The molecule has 1 saturated heterocycles. The Kier molecular flexibility index (Phi) is 4.16. The van der Waals surface area contributed by atoms with Crippen molar-refractivity contribution in [3.05, 3.63) is 35.9 Å². The molecule has 0 N–H and O–H groups in total. The molecule has 0 radical (unpaired) electrons. The van der Waals surface area contributed by atoms with Crippen LogP contribution in [0.4, 0.5) is 0 Å². The Morgan fingerprint density at radius 3 is 2.68 bits per heavy atom. The topological polar surface area (TPSA) is 44.1 Å². The molecule has 4 heteroatoms. The molecule has 1 aliphatic rings. The second-order valence-electron chi connectivity index (χ2n) is 5.34.